The molecule has 0 bridgehead atoms. The van der Waals surface area contributed by atoms with E-state index in [1.165, 1.54) is 37.3 Å². The van der Waals surface area contributed by atoms with Gasteiger partial charge in [-0.15, -0.1) is 11.3 Å². The van der Waals surface area contributed by atoms with Crippen LogP contribution in [0.2, 0.25) is 0 Å². The minimum atomic E-state index is -4.41. The number of rotatable bonds is 7. The van der Waals surface area contributed by atoms with Gasteiger partial charge in [0.1, 0.15) is 16.4 Å². The Hall–Kier alpha value is -3.31. The van der Waals surface area contributed by atoms with Gasteiger partial charge in [0.15, 0.2) is 0 Å². The lowest BCUT2D eigenvalue weighted by Crippen LogP contribution is -2.37. The normalized spacial score (nSPS) is 12.8. The molecule has 3 aromatic rings. The summed E-state index contributed by atoms with van der Waals surface area (Å²) in [7, 11) is 0. The highest BCUT2D eigenvalue weighted by Crippen LogP contribution is 2.32. The Balaban J connectivity index is 1.64. The number of aliphatic hydroxyl groups is 1. The van der Waals surface area contributed by atoms with Gasteiger partial charge in [0, 0.05) is 16.6 Å². The number of amides is 2. The number of nitrogens with zero attached hydrogens (tertiary/aromatic N) is 2. The lowest BCUT2D eigenvalue weighted by Gasteiger charge is -2.19. The third-order valence-corrected chi connectivity index (χ3v) is 5.94. The zero-order valence-electron chi connectivity index (χ0n) is 19.5. The van der Waals surface area contributed by atoms with Crippen LogP contribution in [-0.2, 0) is 22.2 Å². The molecule has 1 unspecified atom stereocenters. The lowest BCUT2D eigenvalue weighted by molar-refractivity contribution is -0.137. The van der Waals surface area contributed by atoms with E-state index in [4.69, 9.17) is 0 Å². The van der Waals surface area contributed by atoms with E-state index in [0.29, 0.717) is 27.5 Å². The van der Waals surface area contributed by atoms with Crippen molar-refractivity contribution in [2.24, 2.45) is 0 Å². The Morgan fingerprint density at radius 2 is 1.77 bits per heavy atom. The molecule has 3 rings (SSSR count). The average molecular weight is 507 g/mol. The van der Waals surface area contributed by atoms with E-state index in [9.17, 15) is 27.9 Å². The molecule has 0 saturated carbocycles. The monoisotopic (exact) mass is 506 g/mol. The van der Waals surface area contributed by atoms with Crippen LogP contribution in [0.1, 0.15) is 49.3 Å². The van der Waals surface area contributed by atoms with Gasteiger partial charge in [-0.3, -0.25) is 9.59 Å². The highest BCUT2D eigenvalue weighted by molar-refractivity contribution is 7.13. The van der Waals surface area contributed by atoms with Gasteiger partial charge in [0.2, 0.25) is 5.91 Å². The summed E-state index contributed by atoms with van der Waals surface area (Å²) < 4.78 is 38.3. The first kappa shape index (κ1) is 26.3. The fraction of sp³-hybridized carbons (Fsp3) is 0.333. The lowest BCUT2D eigenvalue weighted by atomic mass is 10.1. The van der Waals surface area contributed by atoms with E-state index in [0.717, 1.165) is 12.1 Å². The number of aryl methyl sites for hydroxylation is 1. The van der Waals surface area contributed by atoms with Gasteiger partial charge < -0.3 is 15.7 Å². The number of halogens is 3. The number of alkyl halides is 3. The van der Waals surface area contributed by atoms with Gasteiger partial charge >= 0.3 is 6.18 Å². The van der Waals surface area contributed by atoms with Crippen molar-refractivity contribution in [3.8, 4) is 10.6 Å². The minimum absolute atomic E-state index is 0.00612. The number of pyridine rings is 1. The van der Waals surface area contributed by atoms with Crippen LogP contribution in [0.15, 0.2) is 41.8 Å². The molecule has 11 heteroatoms. The van der Waals surface area contributed by atoms with E-state index in [1.54, 1.807) is 31.4 Å². The molecule has 2 amide bonds. The van der Waals surface area contributed by atoms with Gasteiger partial charge in [-0.25, -0.2) is 9.97 Å². The third-order valence-electron chi connectivity index (χ3n) is 5.00. The molecule has 2 aromatic heterocycles. The fourth-order valence-corrected chi connectivity index (χ4v) is 3.97. The van der Waals surface area contributed by atoms with Gasteiger partial charge in [-0.2, -0.15) is 13.2 Å². The van der Waals surface area contributed by atoms with Crippen LogP contribution in [0, 0.1) is 6.92 Å². The molecule has 0 aliphatic heterocycles. The summed E-state index contributed by atoms with van der Waals surface area (Å²) >= 11 is 1.24. The van der Waals surface area contributed by atoms with Gasteiger partial charge in [0.05, 0.1) is 23.7 Å². The second kappa shape index (κ2) is 10.1. The van der Waals surface area contributed by atoms with Gasteiger partial charge in [-0.05, 0) is 57.5 Å². The predicted octanol–water partition coefficient (Wildman–Crippen LogP) is 4.66. The van der Waals surface area contributed by atoms with Crippen molar-refractivity contribution in [2.45, 2.75) is 51.9 Å². The smallest absolute Gasteiger partial charge is 0.381 e. The summed E-state index contributed by atoms with van der Waals surface area (Å²) in [6, 6.07) is 7.69. The van der Waals surface area contributed by atoms with Gasteiger partial charge in [-0.1, -0.05) is 12.1 Å². The fourth-order valence-electron chi connectivity index (χ4n) is 3.14. The standard InChI is InChI=1S/C24H25F3N4O3S/c1-13-9-16(10-19(28-13)31-22(33)23(3,4)34)14(2)29-20(32)11-18-12-35-21(30-18)15-5-7-17(8-6-15)24(25,26)27/h5-10,12,14,34H,11H2,1-4H3,(H,29,32)(H,28,31,33). The quantitative estimate of drug-likeness (QED) is 0.432. The topological polar surface area (TPSA) is 104 Å². The third kappa shape index (κ3) is 7.09. The first-order valence-corrected chi connectivity index (χ1v) is 11.5. The zero-order chi connectivity index (χ0) is 26.0. The van der Waals surface area contributed by atoms with E-state index in [2.05, 4.69) is 20.6 Å². The van der Waals surface area contributed by atoms with Crippen LogP contribution >= 0.6 is 11.3 Å². The second-order valence-corrected chi connectivity index (χ2v) is 9.48. The maximum absolute atomic E-state index is 12.8. The SMILES string of the molecule is Cc1cc(C(C)NC(=O)Cc2csc(-c3ccc(C(F)(F)F)cc3)n2)cc(NC(=O)C(C)(C)O)n1. The van der Waals surface area contributed by atoms with Gasteiger partial charge in [0.25, 0.3) is 5.91 Å². The van der Waals surface area contributed by atoms with E-state index in [-0.39, 0.29) is 18.1 Å². The Bertz CT molecular complexity index is 1220. The van der Waals surface area contributed by atoms with E-state index in [1.807, 2.05) is 0 Å². The van der Waals surface area contributed by atoms with Crippen LogP contribution < -0.4 is 10.6 Å². The Kier molecular flexibility index (Phi) is 7.61. The van der Waals surface area contributed by atoms with Crippen LogP contribution in [0.3, 0.4) is 0 Å². The van der Waals surface area contributed by atoms with Crippen LogP contribution in [0.5, 0.6) is 0 Å². The number of hydrogen-bond acceptors (Lipinski definition) is 6. The van der Waals surface area contributed by atoms with Crippen molar-refractivity contribution < 1.29 is 27.9 Å². The van der Waals surface area contributed by atoms with Crippen molar-refractivity contribution in [3.05, 3.63) is 64.3 Å². The maximum atomic E-state index is 12.8. The summed E-state index contributed by atoms with van der Waals surface area (Å²) in [4.78, 5) is 33.2. The molecule has 2 heterocycles. The molecule has 0 aliphatic rings. The summed E-state index contributed by atoms with van der Waals surface area (Å²) in [5, 5.41) is 17.5. The largest absolute Gasteiger partial charge is 0.416 e. The molecular weight excluding hydrogens is 481 g/mol. The first-order valence-electron chi connectivity index (χ1n) is 10.7. The predicted molar refractivity (Wildman–Crippen MR) is 127 cm³/mol. The van der Waals surface area contributed by atoms with Crippen LogP contribution in [0.25, 0.3) is 10.6 Å². The number of nitrogens with one attached hydrogen (secondary N) is 2. The van der Waals surface area contributed by atoms with Crippen molar-refractivity contribution in [1.29, 1.82) is 0 Å². The first-order chi connectivity index (χ1) is 16.2. The summed E-state index contributed by atoms with van der Waals surface area (Å²) in [5.74, 6) is -0.641. The van der Waals surface area contributed by atoms with E-state index < -0.39 is 29.3 Å². The number of anilines is 1. The van der Waals surface area contributed by atoms with Crippen molar-refractivity contribution >= 4 is 29.0 Å². The highest BCUT2D eigenvalue weighted by Gasteiger charge is 2.30. The number of hydrogen-bond donors (Lipinski definition) is 3. The van der Waals surface area contributed by atoms with Crippen LogP contribution in [0.4, 0.5) is 19.0 Å². The number of thiazole rings is 1. The molecule has 0 spiro atoms. The Labute approximate surface area is 204 Å². The average Bonchev–Trinajstić information content (AvgIpc) is 3.20. The second-order valence-electron chi connectivity index (χ2n) is 8.63. The molecule has 1 atom stereocenters. The molecule has 0 aliphatic carbocycles. The number of aromatic nitrogens is 2. The minimum Gasteiger partial charge on any atom is -0.381 e. The van der Waals surface area contributed by atoms with Crippen molar-refractivity contribution in [3.63, 3.8) is 0 Å². The van der Waals surface area contributed by atoms with Crippen molar-refractivity contribution in [2.75, 3.05) is 5.32 Å². The summed E-state index contributed by atoms with van der Waals surface area (Å²) in [6.45, 7) is 6.26. The molecule has 1 aromatic carbocycles. The molecule has 0 fully saturated rings. The zero-order valence-corrected chi connectivity index (χ0v) is 20.3. The molecule has 0 saturated heterocycles. The van der Waals surface area contributed by atoms with E-state index >= 15 is 0 Å². The number of carbonyl (C=O) groups is 2. The molecule has 186 valence electrons. The molecule has 7 nitrogen and oxygen atoms in total. The highest BCUT2D eigenvalue weighted by atomic mass is 32.1. The molecule has 3 N–H and O–H groups in total. The molecule has 35 heavy (non-hydrogen) atoms. The number of benzene rings is 1. The summed E-state index contributed by atoms with van der Waals surface area (Å²) in [5.41, 5.74) is 0.0593. The Morgan fingerprint density at radius 3 is 2.37 bits per heavy atom. The van der Waals surface area contributed by atoms with Crippen molar-refractivity contribution in [1.82, 2.24) is 15.3 Å². The summed E-state index contributed by atoms with van der Waals surface area (Å²) in [6.07, 6.45) is -4.41. The van der Waals surface area contributed by atoms with Crippen LogP contribution in [-0.4, -0.2) is 32.5 Å². The Morgan fingerprint density at radius 1 is 1.11 bits per heavy atom. The number of carbonyl (C=O) groups excluding carboxylic acids is 2. The molecule has 0 radical (unpaired) electrons. The molecular formula is C24H25F3N4O3S. The maximum Gasteiger partial charge on any atom is 0.416 e.